The van der Waals surface area contributed by atoms with Gasteiger partial charge >= 0.3 is 0 Å². The number of nitrogens with one attached hydrogen (secondary N) is 1. The summed E-state index contributed by atoms with van der Waals surface area (Å²) < 4.78 is 10.6. The fourth-order valence-electron chi connectivity index (χ4n) is 2.98. The number of aromatic nitrogens is 2. The molecule has 1 aromatic rings. The number of hydrogen-bond donors (Lipinski definition) is 1. The summed E-state index contributed by atoms with van der Waals surface area (Å²) in [6.45, 7) is 5.33. The maximum absolute atomic E-state index is 5.31. The predicted molar refractivity (Wildman–Crippen MR) is 78.0 cm³/mol. The molecule has 20 heavy (non-hydrogen) atoms. The third-order valence-corrected chi connectivity index (χ3v) is 4.29. The first-order chi connectivity index (χ1) is 9.58. The molecule has 1 aromatic heterocycles. The number of rotatable bonds is 5. The van der Waals surface area contributed by atoms with Gasteiger partial charge in [0.15, 0.2) is 0 Å². The molecule has 0 saturated heterocycles. The van der Waals surface area contributed by atoms with Crippen LogP contribution in [0.2, 0.25) is 0 Å². The third-order valence-electron chi connectivity index (χ3n) is 4.29. The summed E-state index contributed by atoms with van der Waals surface area (Å²) in [6.07, 6.45) is 6.56. The molecule has 1 heterocycles. The number of hydrogen-bond acceptors (Lipinski definition) is 5. The van der Waals surface area contributed by atoms with Crippen molar-refractivity contribution in [1.82, 2.24) is 15.3 Å². The van der Waals surface area contributed by atoms with Crippen molar-refractivity contribution in [2.45, 2.75) is 52.1 Å². The molecule has 1 unspecified atom stereocenters. The number of nitrogens with zero attached hydrogens (tertiary/aromatic N) is 2. The quantitative estimate of drug-likeness (QED) is 0.897. The summed E-state index contributed by atoms with van der Waals surface area (Å²) in [7, 11) is 3.24. The van der Waals surface area contributed by atoms with E-state index in [9.17, 15) is 0 Å². The first-order valence-corrected chi connectivity index (χ1v) is 7.23. The highest BCUT2D eigenvalue weighted by Gasteiger charge is 2.32. The smallest absolute Gasteiger partial charge is 0.224 e. The maximum Gasteiger partial charge on any atom is 0.224 e. The average Bonchev–Trinajstić information content (AvgIpc) is 2.45. The van der Waals surface area contributed by atoms with Crippen molar-refractivity contribution in [3.63, 3.8) is 0 Å². The van der Waals surface area contributed by atoms with Crippen LogP contribution in [0, 0.1) is 5.41 Å². The van der Waals surface area contributed by atoms with E-state index in [1.54, 1.807) is 14.2 Å². The summed E-state index contributed by atoms with van der Waals surface area (Å²) in [5.41, 5.74) is 1.22. The van der Waals surface area contributed by atoms with Crippen LogP contribution in [-0.4, -0.2) is 30.2 Å². The van der Waals surface area contributed by atoms with Crippen molar-refractivity contribution in [3.8, 4) is 11.8 Å². The van der Waals surface area contributed by atoms with Crippen LogP contribution in [0.3, 0.4) is 0 Å². The lowest BCUT2D eigenvalue weighted by atomic mass is 9.73. The molecule has 1 saturated carbocycles. The van der Waals surface area contributed by atoms with Crippen LogP contribution in [0.4, 0.5) is 0 Å². The SMILES string of the molecule is COc1ncnc(OC)c1CNC1CCCCC1(C)C. The fourth-order valence-corrected chi connectivity index (χ4v) is 2.98. The summed E-state index contributed by atoms with van der Waals surface area (Å²) in [5.74, 6) is 1.16. The van der Waals surface area contributed by atoms with Crippen LogP contribution in [0.5, 0.6) is 11.8 Å². The molecule has 0 bridgehead atoms. The lowest BCUT2D eigenvalue weighted by molar-refractivity contribution is 0.166. The van der Waals surface area contributed by atoms with Gasteiger partial charge in [0.1, 0.15) is 6.33 Å². The molecule has 0 radical (unpaired) electrons. The van der Waals surface area contributed by atoms with Crippen LogP contribution in [0.25, 0.3) is 0 Å². The molecule has 1 fully saturated rings. The van der Waals surface area contributed by atoms with Crippen LogP contribution in [-0.2, 0) is 6.54 Å². The van der Waals surface area contributed by atoms with Crippen molar-refractivity contribution in [1.29, 1.82) is 0 Å². The summed E-state index contributed by atoms with van der Waals surface area (Å²) >= 11 is 0. The zero-order valence-electron chi connectivity index (χ0n) is 12.9. The molecule has 112 valence electrons. The molecule has 1 N–H and O–H groups in total. The maximum atomic E-state index is 5.31. The van der Waals surface area contributed by atoms with E-state index < -0.39 is 0 Å². The Morgan fingerprint density at radius 2 is 1.85 bits per heavy atom. The third kappa shape index (κ3) is 3.20. The van der Waals surface area contributed by atoms with Crippen molar-refractivity contribution in [2.24, 2.45) is 5.41 Å². The van der Waals surface area contributed by atoms with Gasteiger partial charge in [-0.15, -0.1) is 0 Å². The van der Waals surface area contributed by atoms with Gasteiger partial charge in [-0.25, -0.2) is 9.97 Å². The van der Waals surface area contributed by atoms with Gasteiger partial charge in [-0.3, -0.25) is 0 Å². The summed E-state index contributed by atoms with van der Waals surface area (Å²) in [4.78, 5) is 8.31. The second-order valence-electron chi connectivity index (χ2n) is 6.04. The fraction of sp³-hybridized carbons (Fsp3) is 0.733. The van der Waals surface area contributed by atoms with Crippen molar-refractivity contribution < 1.29 is 9.47 Å². The molecule has 0 aliphatic heterocycles. The molecule has 1 aliphatic rings. The highest BCUT2D eigenvalue weighted by Crippen LogP contribution is 2.36. The van der Waals surface area contributed by atoms with Gasteiger partial charge in [0.05, 0.1) is 19.8 Å². The van der Waals surface area contributed by atoms with E-state index in [1.165, 1.54) is 32.0 Å². The Labute approximate surface area is 121 Å². The van der Waals surface area contributed by atoms with Gasteiger partial charge in [0.2, 0.25) is 11.8 Å². The molecule has 2 rings (SSSR count). The molecular weight excluding hydrogens is 254 g/mol. The van der Waals surface area contributed by atoms with E-state index in [-0.39, 0.29) is 0 Å². The van der Waals surface area contributed by atoms with Gasteiger partial charge in [-0.1, -0.05) is 26.7 Å². The van der Waals surface area contributed by atoms with Crippen LogP contribution < -0.4 is 14.8 Å². The first kappa shape index (κ1) is 15.0. The molecule has 0 aromatic carbocycles. The Morgan fingerprint density at radius 1 is 1.20 bits per heavy atom. The Bertz CT molecular complexity index is 426. The van der Waals surface area contributed by atoms with E-state index in [2.05, 4.69) is 29.1 Å². The standard InChI is InChI=1S/C15H25N3O2/c1-15(2)8-6-5-7-12(15)16-9-11-13(19-3)17-10-18-14(11)20-4/h10,12,16H,5-9H2,1-4H3. The largest absolute Gasteiger partial charge is 0.481 e. The van der Waals surface area contributed by atoms with Gasteiger partial charge in [-0.2, -0.15) is 0 Å². The molecule has 0 spiro atoms. The molecule has 5 heteroatoms. The minimum Gasteiger partial charge on any atom is -0.481 e. The van der Waals surface area contributed by atoms with Crippen LogP contribution in [0.15, 0.2) is 6.33 Å². The highest BCUT2D eigenvalue weighted by atomic mass is 16.5. The van der Waals surface area contributed by atoms with Crippen LogP contribution in [0.1, 0.15) is 45.1 Å². The molecule has 5 nitrogen and oxygen atoms in total. The monoisotopic (exact) mass is 279 g/mol. The van der Waals surface area contributed by atoms with E-state index in [4.69, 9.17) is 9.47 Å². The lowest BCUT2D eigenvalue weighted by Crippen LogP contribution is -2.43. The summed E-state index contributed by atoms with van der Waals surface area (Å²) in [6, 6.07) is 0.505. The van der Waals surface area contributed by atoms with Gasteiger partial charge in [-0.05, 0) is 18.3 Å². The van der Waals surface area contributed by atoms with Crippen molar-refractivity contribution in [2.75, 3.05) is 14.2 Å². The molecule has 1 aliphatic carbocycles. The molecule has 1 atom stereocenters. The topological polar surface area (TPSA) is 56.3 Å². The zero-order valence-corrected chi connectivity index (χ0v) is 12.9. The Hall–Kier alpha value is -1.36. The Morgan fingerprint density at radius 3 is 2.40 bits per heavy atom. The first-order valence-electron chi connectivity index (χ1n) is 7.23. The van der Waals surface area contributed by atoms with E-state index >= 15 is 0 Å². The van der Waals surface area contributed by atoms with Crippen LogP contribution >= 0.6 is 0 Å². The average molecular weight is 279 g/mol. The highest BCUT2D eigenvalue weighted by molar-refractivity contribution is 5.34. The zero-order chi connectivity index (χ0) is 14.6. The second kappa shape index (κ2) is 6.39. The van der Waals surface area contributed by atoms with Gasteiger partial charge < -0.3 is 14.8 Å². The van der Waals surface area contributed by atoms with Crippen molar-refractivity contribution >= 4 is 0 Å². The minimum absolute atomic E-state index is 0.328. The second-order valence-corrected chi connectivity index (χ2v) is 6.04. The predicted octanol–water partition coefficient (Wildman–Crippen LogP) is 2.55. The van der Waals surface area contributed by atoms with E-state index in [1.807, 2.05) is 0 Å². The van der Waals surface area contributed by atoms with E-state index in [0.717, 1.165) is 5.56 Å². The normalized spacial score (nSPS) is 21.5. The number of methoxy groups -OCH3 is 2. The van der Waals surface area contributed by atoms with E-state index in [0.29, 0.717) is 29.8 Å². The summed E-state index contributed by atoms with van der Waals surface area (Å²) in [5, 5.41) is 3.64. The Balaban J connectivity index is 2.10. The molecule has 0 amide bonds. The van der Waals surface area contributed by atoms with Crippen molar-refractivity contribution in [3.05, 3.63) is 11.9 Å². The number of ether oxygens (including phenoxy) is 2. The van der Waals surface area contributed by atoms with Gasteiger partial charge in [0, 0.05) is 12.6 Å². The van der Waals surface area contributed by atoms with Gasteiger partial charge in [0.25, 0.3) is 0 Å². The minimum atomic E-state index is 0.328. The lowest BCUT2D eigenvalue weighted by Gasteiger charge is -2.39. The Kier molecular flexibility index (Phi) is 4.81. The molecular formula is C15H25N3O2.